The SMILES string of the molecule is CCOc1c(Cl)cc(/C=N/Nc2nnc(-c3ccc(OC)cc3)c(=O)[nH]2)cc1Cl. The lowest BCUT2D eigenvalue weighted by atomic mass is 10.1. The Kier molecular flexibility index (Phi) is 6.69. The molecule has 0 amide bonds. The van der Waals surface area contributed by atoms with Crippen LogP contribution in [0.25, 0.3) is 11.3 Å². The van der Waals surface area contributed by atoms with E-state index in [0.717, 1.165) is 0 Å². The van der Waals surface area contributed by atoms with E-state index in [1.54, 1.807) is 43.5 Å². The van der Waals surface area contributed by atoms with Crippen molar-refractivity contribution in [3.63, 3.8) is 0 Å². The highest BCUT2D eigenvalue weighted by Gasteiger charge is 2.09. The number of nitrogens with one attached hydrogen (secondary N) is 2. The first-order valence-corrected chi connectivity index (χ1v) is 9.29. The van der Waals surface area contributed by atoms with Crippen LogP contribution < -0.4 is 20.5 Å². The first-order valence-electron chi connectivity index (χ1n) is 8.54. The second-order valence-corrected chi connectivity index (χ2v) is 6.51. The zero-order valence-electron chi connectivity index (χ0n) is 15.6. The van der Waals surface area contributed by atoms with E-state index in [1.807, 2.05) is 6.92 Å². The van der Waals surface area contributed by atoms with Gasteiger partial charge >= 0.3 is 0 Å². The van der Waals surface area contributed by atoms with E-state index in [9.17, 15) is 4.79 Å². The maximum atomic E-state index is 12.3. The molecule has 1 aromatic heterocycles. The van der Waals surface area contributed by atoms with E-state index < -0.39 is 5.56 Å². The first kappa shape index (κ1) is 20.6. The maximum absolute atomic E-state index is 12.3. The Morgan fingerprint density at radius 2 is 1.86 bits per heavy atom. The number of benzene rings is 2. The fourth-order valence-electron chi connectivity index (χ4n) is 2.43. The predicted octanol–water partition coefficient (Wildman–Crippen LogP) is 3.99. The number of hydrogen-bond acceptors (Lipinski definition) is 7. The Labute approximate surface area is 176 Å². The molecule has 0 bridgehead atoms. The second kappa shape index (κ2) is 9.40. The number of rotatable bonds is 7. The van der Waals surface area contributed by atoms with Crippen molar-refractivity contribution in [1.29, 1.82) is 0 Å². The molecule has 3 aromatic rings. The van der Waals surface area contributed by atoms with Crippen molar-refractivity contribution in [2.45, 2.75) is 6.92 Å². The van der Waals surface area contributed by atoms with Gasteiger partial charge in [-0.2, -0.15) is 5.10 Å². The number of aromatic amines is 1. The lowest BCUT2D eigenvalue weighted by Gasteiger charge is -2.08. The summed E-state index contributed by atoms with van der Waals surface area (Å²) in [5.74, 6) is 1.19. The molecule has 10 heteroatoms. The van der Waals surface area contributed by atoms with Crippen LogP contribution in [0.5, 0.6) is 11.5 Å². The summed E-state index contributed by atoms with van der Waals surface area (Å²) in [5, 5.41) is 12.6. The minimum atomic E-state index is -0.407. The standard InChI is InChI=1S/C19H17Cl2N5O3/c1-3-29-17-14(20)8-11(9-15(17)21)10-22-25-19-23-18(27)16(24-26-19)12-4-6-13(28-2)7-5-12/h4-10H,3H2,1-2H3,(H2,23,25,26,27)/b22-10+. The summed E-state index contributed by atoms with van der Waals surface area (Å²) in [7, 11) is 1.57. The average molecular weight is 434 g/mol. The average Bonchev–Trinajstić information content (AvgIpc) is 2.71. The minimum absolute atomic E-state index is 0.0895. The van der Waals surface area contributed by atoms with Gasteiger partial charge in [-0.15, -0.1) is 10.2 Å². The Balaban J connectivity index is 1.73. The Morgan fingerprint density at radius 3 is 2.45 bits per heavy atom. The molecule has 0 radical (unpaired) electrons. The number of methoxy groups -OCH3 is 1. The molecule has 0 atom stereocenters. The van der Waals surface area contributed by atoms with E-state index in [2.05, 4.69) is 25.7 Å². The second-order valence-electron chi connectivity index (χ2n) is 5.70. The molecule has 150 valence electrons. The van der Waals surface area contributed by atoms with Gasteiger partial charge in [0.05, 0.1) is 30.0 Å². The smallest absolute Gasteiger partial charge is 0.279 e. The largest absolute Gasteiger partial charge is 0.497 e. The third-order valence-corrected chi connectivity index (χ3v) is 4.32. The molecule has 0 saturated carbocycles. The highest BCUT2D eigenvalue weighted by molar-refractivity contribution is 6.37. The number of nitrogens with zero attached hydrogens (tertiary/aromatic N) is 3. The van der Waals surface area contributed by atoms with E-state index >= 15 is 0 Å². The molecule has 2 aromatic carbocycles. The van der Waals surface area contributed by atoms with Gasteiger partial charge in [0.15, 0.2) is 11.4 Å². The minimum Gasteiger partial charge on any atom is -0.497 e. The van der Waals surface area contributed by atoms with Gasteiger partial charge in [-0.1, -0.05) is 23.2 Å². The summed E-state index contributed by atoms with van der Waals surface area (Å²) in [5.41, 5.74) is 3.65. The summed E-state index contributed by atoms with van der Waals surface area (Å²) in [6.45, 7) is 2.29. The zero-order chi connectivity index (χ0) is 20.8. The van der Waals surface area contributed by atoms with Crippen LogP contribution in [-0.2, 0) is 0 Å². The lowest BCUT2D eigenvalue weighted by molar-refractivity contribution is 0.340. The molecule has 8 nitrogen and oxygen atoms in total. The number of hydrazone groups is 1. The molecule has 0 aliphatic heterocycles. The van der Waals surface area contributed by atoms with Gasteiger partial charge in [0, 0.05) is 5.56 Å². The Bertz CT molecular complexity index is 1060. The van der Waals surface area contributed by atoms with Crippen molar-refractivity contribution in [1.82, 2.24) is 15.2 Å². The molecule has 0 aliphatic carbocycles. The van der Waals surface area contributed by atoms with Crippen LogP contribution in [0, 0.1) is 0 Å². The van der Waals surface area contributed by atoms with Crippen LogP contribution in [0.2, 0.25) is 10.0 Å². The number of ether oxygens (including phenoxy) is 2. The fourth-order valence-corrected chi connectivity index (χ4v) is 3.04. The van der Waals surface area contributed by atoms with E-state index in [1.165, 1.54) is 6.21 Å². The van der Waals surface area contributed by atoms with Crippen molar-refractivity contribution in [2.24, 2.45) is 5.10 Å². The van der Waals surface area contributed by atoms with Crippen molar-refractivity contribution in [3.8, 4) is 22.8 Å². The van der Waals surface area contributed by atoms with Crippen molar-refractivity contribution >= 4 is 35.4 Å². The van der Waals surface area contributed by atoms with Gasteiger partial charge in [-0.05, 0) is 48.9 Å². The van der Waals surface area contributed by atoms with Crippen LogP contribution in [0.4, 0.5) is 5.95 Å². The molecule has 0 fully saturated rings. The van der Waals surface area contributed by atoms with Crippen LogP contribution in [0.1, 0.15) is 12.5 Å². The van der Waals surface area contributed by atoms with Crippen LogP contribution >= 0.6 is 23.2 Å². The monoisotopic (exact) mass is 433 g/mol. The maximum Gasteiger partial charge on any atom is 0.279 e. The Hall–Kier alpha value is -3.10. The van der Waals surface area contributed by atoms with Gasteiger partial charge in [-0.3, -0.25) is 9.78 Å². The molecular weight excluding hydrogens is 417 g/mol. The summed E-state index contributed by atoms with van der Waals surface area (Å²) < 4.78 is 10.5. The molecule has 1 heterocycles. The normalized spacial score (nSPS) is 10.9. The third kappa shape index (κ3) is 5.04. The molecule has 2 N–H and O–H groups in total. The summed E-state index contributed by atoms with van der Waals surface area (Å²) in [6.07, 6.45) is 1.48. The molecule has 29 heavy (non-hydrogen) atoms. The van der Waals surface area contributed by atoms with Crippen molar-refractivity contribution in [2.75, 3.05) is 19.1 Å². The van der Waals surface area contributed by atoms with Gasteiger partial charge in [0.25, 0.3) is 5.56 Å². The van der Waals surface area contributed by atoms with Crippen molar-refractivity contribution in [3.05, 3.63) is 62.4 Å². The number of aromatic nitrogens is 3. The quantitative estimate of drug-likeness (QED) is 0.431. The van der Waals surface area contributed by atoms with Gasteiger partial charge in [-0.25, -0.2) is 5.43 Å². The molecule has 3 rings (SSSR count). The van der Waals surface area contributed by atoms with Gasteiger partial charge in [0.1, 0.15) is 5.75 Å². The molecule has 0 aliphatic rings. The summed E-state index contributed by atoms with van der Waals surface area (Å²) in [4.78, 5) is 14.9. The third-order valence-electron chi connectivity index (χ3n) is 3.75. The zero-order valence-corrected chi connectivity index (χ0v) is 17.1. The number of H-pyrrole nitrogens is 1. The predicted molar refractivity (Wildman–Crippen MR) is 113 cm³/mol. The van der Waals surface area contributed by atoms with E-state index in [4.69, 9.17) is 32.7 Å². The fraction of sp³-hybridized carbons (Fsp3) is 0.158. The van der Waals surface area contributed by atoms with Crippen molar-refractivity contribution < 1.29 is 9.47 Å². The molecule has 0 unspecified atom stereocenters. The lowest BCUT2D eigenvalue weighted by Crippen LogP contribution is -2.15. The first-order chi connectivity index (χ1) is 14.0. The molecule has 0 saturated heterocycles. The van der Waals surface area contributed by atoms with Crippen LogP contribution in [-0.4, -0.2) is 35.1 Å². The highest BCUT2D eigenvalue weighted by atomic mass is 35.5. The number of hydrogen-bond donors (Lipinski definition) is 2. The molecular formula is C19H17Cl2N5O3. The van der Waals surface area contributed by atoms with Gasteiger partial charge in [0.2, 0.25) is 5.95 Å². The van der Waals surface area contributed by atoms with Gasteiger partial charge < -0.3 is 9.47 Å². The van der Waals surface area contributed by atoms with E-state index in [-0.39, 0.29) is 11.6 Å². The van der Waals surface area contributed by atoms with Crippen LogP contribution in [0.15, 0.2) is 46.3 Å². The number of halogens is 2. The summed E-state index contributed by atoms with van der Waals surface area (Å²) in [6, 6.07) is 10.2. The number of anilines is 1. The topological polar surface area (TPSA) is 101 Å². The Morgan fingerprint density at radius 1 is 1.17 bits per heavy atom. The van der Waals surface area contributed by atoms with Crippen LogP contribution in [0.3, 0.4) is 0 Å². The summed E-state index contributed by atoms with van der Waals surface area (Å²) >= 11 is 12.3. The highest BCUT2D eigenvalue weighted by Crippen LogP contribution is 2.33. The molecule has 0 spiro atoms. The van der Waals surface area contributed by atoms with E-state index in [0.29, 0.717) is 39.3 Å².